The van der Waals surface area contributed by atoms with Crippen molar-refractivity contribution in [1.29, 1.82) is 0 Å². The fourth-order valence-electron chi connectivity index (χ4n) is 1.55. The first-order valence-electron chi connectivity index (χ1n) is 6.36. The van der Waals surface area contributed by atoms with E-state index in [4.69, 9.17) is 4.74 Å². The number of aryl methyl sites for hydroxylation is 1. The molecule has 0 saturated heterocycles. The second-order valence-electron chi connectivity index (χ2n) is 4.38. The molecule has 0 unspecified atom stereocenters. The van der Waals surface area contributed by atoms with Gasteiger partial charge in [-0.2, -0.15) is 0 Å². The second-order valence-corrected chi connectivity index (χ2v) is 5.14. The lowest BCUT2D eigenvalue weighted by Crippen LogP contribution is -2.21. The highest BCUT2D eigenvalue weighted by Crippen LogP contribution is 2.23. The van der Waals surface area contributed by atoms with Gasteiger partial charge in [-0.05, 0) is 42.7 Å². The number of carbonyl (C=O) groups excluding carboxylic acids is 2. The molecule has 0 aliphatic carbocycles. The maximum absolute atomic E-state index is 12.0. The summed E-state index contributed by atoms with van der Waals surface area (Å²) in [5.41, 5.74) is 0.617. The van der Waals surface area contributed by atoms with Gasteiger partial charge in [-0.1, -0.05) is 4.49 Å². The molecule has 0 aliphatic heterocycles. The Labute approximate surface area is 137 Å². The average Bonchev–Trinajstić information content (AvgIpc) is 2.91. The van der Waals surface area contributed by atoms with Gasteiger partial charge in [-0.25, -0.2) is 4.79 Å². The van der Waals surface area contributed by atoms with E-state index in [0.29, 0.717) is 5.69 Å². The molecular weight excluding hydrogens is 351 g/mol. The van der Waals surface area contributed by atoms with Crippen molar-refractivity contribution in [3.63, 3.8) is 0 Å². The fraction of sp³-hybridized carbons (Fsp3) is 0.231. The molecule has 1 aromatic carbocycles. The Bertz CT molecular complexity index is 731. The van der Waals surface area contributed by atoms with E-state index in [2.05, 4.69) is 19.6 Å². The van der Waals surface area contributed by atoms with E-state index >= 15 is 0 Å². The van der Waals surface area contributed by atoms with Gasteiger partial charge in [0.1, 0.15) is 5.75 Å². The maximum atomic E-state index is 12.0. The van der Waals surface area contributed by atoms with E-state index in [9.17, 15) is 22.8 Å². The Kier molecular flexibility index (Phi) is 5.34. The minimum atomic E-state index is -4.79. The molecule has 1 amide bonds. The van der Waals surface area contributed by atoms with E-state index in [-0.39, 0.29) is 10.6 Å². The Morgan fingerprint density at radius 3 is 2.46 bits per heavy atom. The number of amides is 1. The third kappa shape index (κ3) is 5.19. The molecule has 128 valence electrons. The number of carbonyl (C=O) groups is 2. The van der Waals surface area contributed by atoms with Gasteiger partial charge >= 0.3 is 12.3 Å². The van der Waals surface area contributed by atoms with E-state index in [1.807, 2.05) is 0 Å². The monoisotopic (exact) mass is 361 g/mol. The summed E-state index contributed by atoms with van der Waals surface area (Å²) in [4.78, 5) is 23.5. The first kappa shape index (κ1) is 17.7. The van der Waals surface area contributed by atoms with Gasteiger partial charge < -0.3 is 14.8 Å². The molecule has 0 radical (unpaired) electrons. The molecule has 0 fully saturated rings. The summed E-state index contributed by atoms with van der Waals surface area (Å²) >= 11 is 0.846. The third-order valence-electron chi connectivity index (χ3n) is 2.54. The van der Waals surface area contributed by atoms with Crippen molar-refractivity contribution >= 4 is 29.1 Å². The summed E-state index contributed by atoms with van der Waals surface area (Å²) < 4.78 is 48.1. The van der Waals surface area contributed by atoms with Crippen LogP contribution in [-0.4, -0.2) is 34.4 Å². The van der Waals surface area contributed by atoms with Crippen LogP contribution in [0.15, 0.2) is 24.3 Å². The van der Waals surface area contributed by atoms with Crippen LogP contribution in [0.2, 0.25) is 0 Å². The molecule has 0 spiro atoms. The number of nitrogens with one attached hydrogen (secondary N) is 1. The summed E-state index contributed by atoms with van der Waals surface area (Å²) in [5, 5.41) is 6.01. The maximum Gasteiger partial charge on any atom is 0.573 e. The topological polar surface area (TPSA) is 90.4 Å². The number of nitrogens with zero attached hydrogens (tertiary/aromatic N) is 2. The standard InChI is InChI=1S/C13H10F3N3O4S/c1-7-11(24-19-18-7)12(21)22-6-10(20)17-8-2-4-9(5-3-8)23-13(14,15)16/h2-5H,6H2,1H3,(H,17,20). The number of alkyl halides is 3. The normalized spacial score (nSPS) is 11.0. The van der Waals surface area contributed by atoms with Crippen LogP contribution in [0.4, 0.5) is 18.9 Å². The second kappa shape index (κ2) is 7.25. The molecule has 7 nitrogen and oxygen atoms in total. The van der Waals surface area contributed by atoms with Crippen molar-refractivity contribution in [2.45, 2.75) is 13.3 Å². The minimum Gasteiger partial charge on any atom is -0.451 e. The summed E-state index contributed by atoms with van der Waals surface area (Å²) in [7, 11) is 0. The number of aromatic nitrogens is 2. The molecule has 2 rings (SSSR count). The van der Waals surface area contributed by atoms with Crippen LogP contribution in [0.3, 0.4) is 0 Å². The van der Waals surface area contributed by atoms with E-state index in [1.165, 1.54) is 12.1 Å². The highest BCUT2D eigenvalue weighted by atomic mass is 32.1. The first-order chi connectivity index (χ1) is 11.2. The zero-order chi connectivity index (χ0) is 17.7. The number of ether oxygens (including phenoxy) is 2. The van der Waals surface area contributed by atoms with Crippen molar-refractivity contribution in [2.75, 3.05) is 11.9 Å². The summed E-state index contributed by atoms with van der Waals surface area (Å²) in [6.07, 6.45) is -4.79. The summed E-state index contributed by atoms with van der Waals surface area (Å²) in [5.74, 6) is -1.80. The molecule has 1 N–H and O–H groups in total. The molecule has 11 heteroatoms. The van der Waals surface area contributed by atoms with Crippen LogP contribution in [0.5, 0.6) is 5.75 Å². The number of anilines is 1. The van der Waals surface area contributed by atoms with Crippen LogP contribution < -0.4 is 10.1 Å². The van der Waals surface area contributed by atoms with Crippen LogP contribution in [0.1, 0.15) is 15.4 Å². The Balaban J connectivity index is 1.84. The van der Waals surface area contributed by atoms with Crippen LogP contribution in [-0.2, 0) is 9.53 Å². The highest BCUT2D eigenvalue weighted by molar-refractivity contribution is 7.07. The summed E-state index contributed by atoms with van der Waals surface area (Å²) in [6.45, 7) is 1.02. The van der Waals surface area contributed by atoms with Gasteiger partial charge in [-0.3, -0.25) is 4.79 Å². The highest BCUT2D eigenvalue weighted by Gasteiger charge is 2.30. The van der Waals surface area contributed by atoms with Gasteiger partial charge in [0, 0.05) is 5.69 Å². The number of rotatable bonds is 5. The zero-order valence-corrected chi connectivity index (χ0v) is 12.9. The number of halogens is 3. The molecule has 0 saturated carbocycles. The first-order valence-corrected chi connectivity index (χ1v) is 7.13. The summed E-state index contributed by atoms with van der Waals surface area (Å²) in [6, 6.07) is 4.53. The van der Waals surface area contributed by atoms with Crippen LogP contribution in [0, 0.1) is 6.92 Å². The smallest absolute Gasteiger partial charge is 0.451 e. The Hall–Kier alpha value is -2.69. The van der Waals surface area contributed by atoms with Crippen LogP contribution >= 0.6 is 11.5 Å². The lowest BCUT2D eigenvalue weighted by molar-refractivity contribution is -0.274. The zero-order valence-electron chi connectivity index (χ0n) is 12.1. The van der Waals surface area contributed by atoms with E-state index < -0.39 is 30.6 Å². The largest absolute Gasteiger partial charge is 0.573 e. The Morgan fingerprint density at radius 2 is 1.92 bits per heavy atom. The molecule has 2 aromatic rings. The lowest BCUT2D eigenvalue weighted by atomic mass is 10.3. The average molecular weight is 361 g/mol. The molecular formula is C13H10F3N3O4S. The lowest BCUT2D eigenvalue weighted by Gasteiger charge is -2.10. The van der Waals surface area contributed by atoms with Gasteiger partial charge in [0.15, 0.2) is 11.5 Å². The van der Waals surface area contributed by atoms with Crippen LogP contribution in [0.25, 0.3) is 0 Å². The van der Waals surface area contributed by atoms with E-state index in [0.717, 1.165) is 23.7 Å². The predicted octanol–water partition coefficient (Wildman–Crippen LogP) is 2.54. The third-order valence-corrected chi connectivity index (χ3v) is 3.35. The van der Waals surface area contributed by atoms with E-state index in [1.54, 1.807) is 6.92 Å². The molecule has 0 bridgehead atoms. The fourth-order valence-corrected chi connectivity index (χ4v) is 2.10. The van der Waals surface area contributed by atoms with Crippen molar-refractivity contribution in [2.24, 2.45) is 0 Å². The number of hydrogen-bond acceptors (Lipinski definition) is 7. The quantitative estimate of drug-likeness (QED) is 0.823. The van der Waals surface area contributed by atoms with Crippen molar-refractivity contribution in [3.8, 4) is 5.75 Å². The molecule has 24 heavy (non-hydrogen) atoms. The predicted molar refractivity (Wildman–Crippen MR) is 76.7 cm³/mol. The number of hydrogen-bond donors (Lipinski definition) is 1. The Morgan fingerprint density at radius 1 is 1.25 bits per heavy atom. The van der Waals surface area contributed by atoms with Gasteiger partial charge in [0.2, 0.25) is 0 Å². The molecule has 1 aromatic heterocycles. The van der Waals surface area contributed by atoms with Crippen molar-refractivity contribution < 1.29 is 32.2 Å². The number of benzene rings is 1. The molecule has 1 heterocycles. The molecule has 0 atom stereocenters. The minimum absolute atomic E-state index is 0.191. The van der Waals surface area contributed by atoms with Crippen molar-refractivity contribution in [3.05, 3.63) is 34.8 Å². The number of esters is 1. The van der Waals surface area contributed by atoms with Gasteiger partial charge in [0.25, 0.3) is 5.91 Å². The SMILES string of the molecule is Cc1nnsc1C(=O)OCC(=O)Nc1ccc(OC(F)(F)F)cc1. The molecule has 0 aliphatic rings. The van der Waals surface area contributed by atoms with Crippen molar-refractivity contribution in [1.82, 2.24) is 9.59 Å². The van der Waals surface area contributed by atoms with Gasteiger partial charge in [0.05, 0.1) is 5.69 Å². The van der Waals surface area contributed by atoms with Gasteiger partial charge in [-0.15, -0.1) is 18.3 Å².